The molecule has 0 atom stereocenters. The van der Waals surface area contributed by atoms with E-state index >= 15 is 0 Å². The van der Waals surface area contributed by atoms with Gasteiger partial charge in [-0.2, -0.15) is 5.10 Å². The highest BCUT2D eigenvalue weighted by Gasteiger charge is 2.15. The lowest BCUT2D eigenvalue weighted by Gasteiger charge is -2.22. The van der Waals surface area contributed by atoms with E-state index in [0.29, 0.717) is 6.04 Å². The Morgan fingerprint density at radius 3 is 3.12 bits per heavy atom. The SMILES string of the molecule is COCC(=O)Nc1cnn(C2CCNCC2)c1. The van der Waals surface area contributed by atoms with Crippen molar-refractivity contribution in [1.29, 1.82) is 0 Å². The van der Waals surface area contributed by atoms with Crippen molar-refractivity contribution < 1.29 is 9.53 Å². The van der Waals surface area contributed by atoms with Gasteiger partial charge in [0.05, 0.1) is 17.9 Å². The monoisotopic (exact) mass is 238 g/mol. The number of rotatable bonds is 4. The van der Waals surface area contributed by atoms with Gasteiger partial charge in [-0.15, -0.1) is 0 Å². The molecule has 17 heavy (non-hydrogen) atoms. The molecular weight excluding hydrogens is 220 g/mol. The fourth-order valence-electron chi connectivity index (χ4n) is 2.00. The summed E-state index contributed by atoms with van der Waals surface area (Å²) in [5.74, 6) is -0.155. The largest absolute Gasteiger partial charge is 0.375 e. The first-order valence-corrected chi connectivity index (χ1v) is 5.83. The van der Waals surface area contributed by atoms with E-state index in [9.17, 15) is 4.79 Å². The number of carbonyl (C=O) groups is 1. The highest BCUT2D eigenvalue weighted by atomic mass is 16.5. The third-order valence-corrected chi connectivity index (χ3v) is 2.84. The van der Waals surface area contributed by atoms with Gasteiger partial charge in [-0.1, -0.05) is 0 Å². The van der Waals surface area contributed by atoms with Crippen molar-refractivity contribution in [2.24, 2.45) is 0 Å². The summed E-state index contributed by atoms with van der Waals surface area (Å²) in [6.07, 6.45) is 5.71. The van der Waals surface area contributed by atoms with Gasteiger partial charge in [-0.3, -0.25) is 9.48 Å². The Morgan fingerprint density at radius 2 is 2.41 bits per heavy atom. The normalized spacial score (nSPS) is 17.0. The second-order valence-corrected chi connectivity index (χ2v) is 4.17. The Labute approximate surface area is 100 Å². The number of anilines is 1. The molecule has 94 valence electrons. The number of ether oxygens (including phenoxy) is 1. The number of methoxy groups -OCH3 is 1. The second kappa shape index (κ2) is 5.79. The zero-order chi connectivity index (χ0) is 12.1. The Morgan fingerprint density at radius 1 is 1.65 bits per heavy atom. The number of aromatic nitrogens is 2. The summed E-state index contributed by atoms with van der Waals surface area (Å²) in [7, 11) is 1.50. The van der Waals surface area contributed by atoms with E-state index in [-0.39, 0.29) is 12.5 Å². The molecule has 6 heteroatoms. The van der Waals surface area contributed by atoms with Crippen molar-refractivity contribution in [3.05, 3.63) is 12.4 Å². The van der Waals surface area contributed by atoms with Gasteiger partial charge in [0.1, 0.15) is 6.61 Å². The molecule has 0 saturated carbocycles. The van der Waals surface area contributed by atoms with Crippen LogP contribution in [0, 0.1) is 0 Å². The summed E-state index contributed by atoms with van der Waals surface area (Å²) in [6, 6.07) is 0.435. The van der Waals surface area contributed by atoms with Crippen molar-refractivity contribution in [1.82, 2.24) is 15.1 Å². The molecule has 2 rings (SSSR count). The van der Waals surface area contributed by atoms with Crippen LogP contribution in [0.4, 0.5) is 5.69 Å². The number of hydrogen-bond donors (Lipinski definition) is 2. The topological polar surface area (TPSA) is 68.2 Å². The lowest BCUT2D eigenvalue weighted by atomic mass is 10.1. The molecule has 1 aromatic heterocycles. The molecule has 1 aromatic rings. The fraction of sp³-hybridized carbons (Fsp3) is 0.636. The second-order valence-electron chi connectivity index (χ2n) is 4.17. The number of amides is 1. The van der Waals surface area contributed by atoms with Gasteiger partial charge in [0.15, 0.2) is 0 Å². The van der Waals surface area contributed by atoms with Crippen LogP contribution < -0.4 is 10.6 Å². The summed E-state index contributed by atoms with van der Waals surface area (Å²) < 4.78 is 6.69. The zero-order valence-electron chi connectivity index (χ0n) is 9.98. The summed E-state index contributed by atoms with van der Waals surface area (Å²) in [5, 5.41) is 10.3. The molecule has 0 aliphatic carbocycles. The standard InChI is InChI=1S/C11H18N4O2/c1-17-8-11(16)14-9-6-13-15(7-9)10-2-4-12-5-3-10/h6-7,10,12H,2-5,8H2,1H3,(H,14,16). The summed E-state index contributed by atoms with van der Waals surface area (Å²) in [5.41, 5.74) is 0.727. The molecular formula is C11H18N4O2. The molecule has 0 spiro atoms. The Bertz CT molecular complexity index is 371. The molecule has 1 amide bonds. The van der Waals surface area contributed by atoms with E-state index in [4.69, 9.17) is 4.74 Å². The number of nitrogens with one attached hydrogen (secondary N) is 2. The summed E-state index contributed by atoms with van der Waals surface area (Å²) in [6.45, 7) is 2.12. The van der Waals surface area contributed by atoms with Gasteiger partial charge in [-0.05, 0) is 25.9 Å². The Kier molecular flexibility index (Phi) is 4.11. The molecule has 0 radical (unpaired) electrons. The van der Waals surface area contributed by atoms with E-state index in [1.165, 1.54) is 7.11 Å². The summed E-state index contributed by atoms with van der Waals surface area (Å²) >= 11 is 0. The third kappa shape index (κ3) is 3.28. The minimum absolute atomic E-state index is 0.0680. The first-order chi connectivity index (χ1) is 8.29. The maximum Gasteiger partial charge on any atom is 0.250 e. The predicted octanol–water partition coefficient (Wildman–Crippen LogP) is 0.392. The van der Waals surface area contributed by atoms with Crippen molar-refractivity contribution in [3.63, 3.8) is 0 Å². The van der Waals surface area contributed by atoms with E-state index < -0.39 is 0 Å². The number of hydrogen-bond acceptors (Lipinski definition) is 4. The van der Waals surface area contributed by atoms with Crippen LogP contribution in [-0.4, -0.2) is 42.5 Å². The molecule has 2 heterocycles. The maximum absolute atomic E-state index is 11.3. The van der Waals surface area contributed by atoms with Crippen molar-refractivity contribution in [2.75, 3.05) is 32.1 Å². The van der Waals surface area contributed by atoms with Crippen LogP contribution in [0.15, 0.2) is 12.4 Å². The van der Waals surface area contributed by atoms with Gasteiger partial charge in [0.2, 0.25) is 5.91 Å². The third-order valence-electron chi connectivity index (χ3n) is 2.84. The number of piperidine rings is 1. The minimum atomic E-state index is -0.155. The lowest BCUT2D eigenvalue weighted by Crippen LogP contribution is -2.29. The van der Waals surface area contributed by atoms with Gasteiger partial charge in [0.25, 0.3) is 0 Å². The molecule has 1 saturated heterocycles. The molecule has 2 N–H and O–H groups in total. The lowest BCUT2D eigenvalue weighted by molar-refractivity contribution is -0.119. The number of carbonyl (C=O) groups excluding carboxylic acids is 1. The number of nitrogens with zero attached hydrogens (tertiary/aromatic N) is 2. The van der Waals surface area contributed by atoms with Gasteiger partial charge >= 0.3 is 0 Å². The van der Waals surface area contributed by atoms with Crippen LogP contribution in [0.25, 0.3) is 0 Å². The van der Waals surface area contributed by atoms with Crippen molar-refractivity contribution in [2.45, 2.75) is 18.9 Å². The van der Waals surface area contributed by atoms with Crippen molar-refractivity contribution in [3.8, 4) is 0 Å². The highest BCUT2D eigenvalue weighted by molar-refractivity contribution is 5.91. The molecule has 1 aliphatic heterocycles. The molecule has 1 fully saturated rings. The van der Waals surface area contributed by atoms with Crippen LogP contribution in [0.1, 0.15) is 18.9 Å². The van der Waals surface area contributed by atoms with E-state index in [1.807, 2.05) is 10.9 Å². The fourth-order valence-corrected chi connectivity index (χ4v) is 2.00. The van der Waals surface area contributed by atoms with Crippen LogP contribution >= 0.6 is 0 Å². The van der Waals surface area contributed by atoms with Crippen LogP contribution in [0.5, 0.6) is 0 Å². The van der Waals surface area contributed by atoms with E-state index in [0.717, 1.165) is 31.6 Å². The van der Waals surface area contributed by atoms with Crippen LogP contribution in [0.2, 0.25) is 0 Å². The maximum atomic E-state index is 11.3. The first kappa shape index (κ1) is 12.1. The van der Waals surface area contributed by atoms with Gasteiger partial charge in [0, 0.05) is 13.3 Å². The van der Waals surface area contributed by atoms with Crippen LogP contribution in [-0.2, 0) is 9.53 Å². The Balaban J connectivity index is 1.93. The molecule has 0 unspecified atom stereocenters. The molecule has 1 aliphatic rings. The molecule has 6 nitrogen and oxygen atoms in total. The smallest absolute Gasteiger partial charge is 0.250 e. The molecule has 0 bridgehead atoms. The highest BCUT2D eigenvalue weighted by Crippen LogP contribution is 2.19. The van der Waals surface area contributed by atoms with Gasteiger partial charge in [-0.25, -0.2) is 0 Å². The van der Waals surface area contributed by atoms with Gasteiger partial charge < -0.3 is 15.4 Å². The van der Waals surface area contributed by atoms with E-state index in [2.05, 4.69) is 15.7 Å². The summed E-state index contributed by atoms with van der Waals surface area (Å²) in [4.78, 5) is 11.3. The molecule has 0 aromatic carbocycles. The minimum Gasteiger partial charge on any atom is -0.375 e. The quantitative estimate of drug-likeness (QED) is 0.796. The van der Waals surface area contributed by atoms with Crippen LogP contribution in [0.3, 0.4) is 0 Å². The zero-order valence-corrected chi connectivity index (χ0v) is 9.98. The predicted molar refractivity (Wildman–Crippen MR) is 63.9 cm³/mol. The van der Waals surface area contributed by atoms with Crippen molar-refractivity contribution >= 4 is 11.6 Å². The Hall–Kier alpha value is -1.40. The first-order valence-electron chi connectivity index (χ1n) is 5.83. The average Bonchev–Trinajstić information content (AvgIpc) is 2.79. The van der Waals surface area contributed by atoms with E-state index in [1.54, 1.807) is 6.20 Å². The average molecular weight is 238 g/mol.